The van der Waals surface area contributed by atoms with Crippen molar-refractivity contribution in [2.24, 2.45) is 0 Å². The van der Waals surface area contributed by atoms with Gasteiger partial charge in [0.25, 0.3) is 5.91 Å². The molecule has 1 aliphatic heterocycles. The number of benzene rings is 1. The number of hydrogen-bond acceptors (Lipinski definition) is 4. The van der Waals surface area contributed by atoms with Crippen molar-refractivity contribution >= 4 is 17.5 Å². The molecule has 0 bridgehead atoms. The number of rotatable bonds is 4. The standard InChI is InChI=1S/C19H21N3O3/c1-12-4-8-14(9-5-12)22-10-2-3-16(19(22)24)20-18(23)15-11-25-21-17(15)13-6-7-13/h4-5,8-9,11,13,16H,2-3,6-7,10H2,1H3,(H,20,23)/t16-/m0/s1. The minimum Gasteiger partial charge on any atom is -0.364 e. The van der Waals surface area contributed by atoms with E-state index in [1.807, 2.05) is 31.2 Å². The van der Waals surface area contributed by atoms with Crippen LogP contribution < -0.4 is 10.2 Å². The first-order chi connectivity index (χ1) is 12.1. The predicted molar refractivity (Wildman–Crippen MR) is 92.5 cm³/mol. The fourth-order valence-electron chi connectivity index (χ4n) is 3.29. The Balaban J connectivity index is 1.48. The van der Waals surface area contributed by atoms with E-state index >= 15 is 0 Å². The molecular weight excluding hydrogens is 318 g/mol. The van der Waals surface area contributed by atoms with Gasteiger partial charge in [-0.15, -0.1) is 0 Å². The zero-order chi connectivity index (χ0) is 17.4. The number of aryl methyl sites for hydroxylation is 1. The molecule has 2 aromatic rings. The lowest BCUT2D eigenvalue weighted by Crippen LogP contribution is -2.52. The van der Waals surface area contributed by atoms with Crippen molar-refractivity contribution in [2.75, 3.05) is 11.4 Å². The molecule has 130 valence electrons. The van der Waals surface area contributed by atoms with Crippen LogP contribution in [0, 0.1) is 6.92 Å². The molecule has 0 spiro atoms. The lowest BCUT2D eigenvalue weighted by atomic mass is 10.0. The van der Waals surface area contributed by atoms with Crippen molar-refractivity contribution in [2.45, 2.75) is 44.6 Å². The van der Waals surface area contributed by atoms with Gasteiger partial charge in [-0.05, 0) is 44.7 Å². The first kappa shape index (κ1) is 15.9. The Morgan fingerprint density at radius 1 is 1.24 bits per heavy atom. The lowest BCUT2D eigenvalue weighted by Gasteiger charge is -2.32. The fraction of sp³-hybridized carbons (Fsp3) is 0.421. The van der Waals surface area contributed by atoms with Crippen molar-refractivity contribution in [1.29, 1.82) is 0 Å². The number of nitrogens with one attached hydrogen (secondary N) is 1. The van der Waals surface area contributed by atoms with Crippen LogP contribution in [0.5, 0.6) is 0 Å². The summed E-state index contributed by atoms with van der Waals surface area (Å²) in [4.78, 5) is 27.2. The summed E-state index contributed by atoms with van der Waals surface area (Å²) in [5.74, 6) is -0.00857. The second-order valence-electron chi connectivity index (χ2n) is 6.88. The highest BCUT2D eigenvalue weighted by Crippen LogP contribution is 2.40. The number of carbonyl (C=O) groups excluding carboxylic acids is 2. The van der Waals surface area contributed by atoms with Crippen LogP contribution in [0.4, 0.5) is 5.69 Å². The SMILES string of the molecule is Cc1ccc(N2CCC[C@H](NC(=O)c3conc3C3CC3)C2=O)cc1. The van der Waals surface area contributed by atoms with Crippen LogP contribution in [0.2, 0.25) is 0 Å². The molecule has 1 aliphatic carbocycles. The fourth-order valence-corrected chi connectivity index (χ4v) is 3.29. The number of piperidine rings is 1. The van der Waals surface area contributed by atoms with Crippen molar-refractivity contribution < 1.29 is 14.1 Å². The molecule has 2 amide bonds. The Morgan fingerprint density at radius 2 is 2.00 bits per heavy atom. The number of aromatic nitrogens is 1. The maximum absolute atomic E-state index is 12.8. The minimum atomic E-state index is -0.510. The third-order valence-corrected chi connectivity index (χ3v) is 4.90. The second kappa shape index (κ2) is 6.35. The summed E-state index contributed by atoms with van der Waals surface area (Å²) in [6.45, 7) is 2.69. The molecule has 0 radical (unpaired) electrons. The lowest BCUT2D eigenvalue weighted by molar-refractivity contribution is -0.121. The zero-order valence-corrected chi connectivity index (χ0v) is 14.2. The van der Waals surface area contributed by atoms with E-state index in [9.17, 15) is 9.59 Å². The molecule has 6 heteroatoms. The van der Waals surface area contributed by atoms with E-state index in [0.717, 1.165) is 36.2 Å². The average molecular weight is 339 g/mol. The highest BCUT2D eigenvalue weighted by Gasteiger charge is 2.35. The quantitative estimate of drug-likeness (QED) is 0.929. The molecule has 4 rings (SSSR count). The van der Waals surface area contributed by atoms with Gasteiger partial charge in [-0.1, -0.05) is 22.9 Å². The monoisotopic (exact) mass is 339 g/mol. The summed E-state index contributed by atoms with van der Waals surface area (Å²) in [5.41, 5.74) is 3.20. The van der Waals surface area contributed by atoms with Gasteiger partial charge in [0.1, 0.15) is 17.9 Å². The summed E-state index contributed by atoms with van der Waals surface area (Å²) in [7, 11) is 0. The Hall–Kier alpha value is -2.63. The summed E-state index contributed by atoms with van der Waals surface area (Å²) < 4.78 is 4.98. The van der Waals surface area contributed by atoms with E-state index in [2.05, 4.69) is 10.5 Å². The van der Waals surface area contributed by atoms with E-state index < -0.39 is 6.04 Å². The van der Waals surface area contributed by atoms with E-state index in [-0.39, 0.29) is 11.8 Å². The normalized spacial score (nSPS) is 20.6. The summed E-state index contributed by atoms with van der Waals surface area (Å²) in [5, 5.41) is 6.83. The smallest absolute Gasteiger partial charge is 0.257 e. The van der Waals surface area contributed by atoms with Crippen LogP contribution in [0.3, 0.4) is 0 Å². The Labute approximate surface area is 146 Å². The highest BCUT2D eigenvalue weighted by atomic mass is 16.5. The van der Waals surface area contributed by atoms with Crippen LogP contribution in [0.1, 0.15) is 53.2 Å². The minimum absolute atomic E-state index is 0.0621. The number of amides is 2. The first-order valence-electron chi connectivity index (χ1n) is 8.76. The van der Waals surface area contributed by atoms with E-state index in [1.165, 1.54) is 6.26 Å². The van der Waals surface area contributed by atoms with Gasteiger partial charge in [0.2, 0.25) is 5.91 Å². The second-order valence-corrected chi connectivity index (χ2v) is 6.88. The Morgan fingerprint density at radius 3 is 2.72 bits per heavy atom. The third-order valence-electron chi connectivity index (χ3n) is 4.90. The number of nitrogens with zero attached hydrogens (tertiary/aromatic N) is 2. The van der Waals surface area contributed by atoms with Gasteiger partial charge in [0.15, 0.2) is 0 Å². The van der Waals surface area contributed by atoms with E-state index in [4.69, 9.17) is 4.52 Å². The van der Waals surface area contributed by atoms with Crippen LogP contribution in [-0.2, 0) is 4.79 Å². The highest BCUT2D eigenvalue weighted by molar-refractivity contribution is 6.03. The van der Waals surface area contributed by atoms with Gasteiger partial charge in [0.05, 0.1) is 5.69 Å². The molecule has 1 aromatic carbocycles. The molecule has 1 saturated heterocycles. The van der Waals surface area contributed by atoms with Crippen molar-refractivity contribution in [1.82, 2.24) is 10.5 Å². The maximum Gasteiger partial charge on any atom is 0.257 e. The van der Waals surface area contributed by atoms with Crippen molar-refractivity contribution in [3.05, 3.63) is 47.3 Å². The zero-order valence-electron chi connectivity index (χ0n) is 14.2. The molecule has 25 heavy (non-hydrogen) atoms. The van der Waals surface area contributed by atoms with Gasteiger partial charge >= 0.3 is 0 Å². The van der Waals surface area contributed by atoms with Crippen LogP contribution in [0.25, 0.3) is 0 Å². The van der Waals surface area contributed by atoms with Crippen molar-refractivity contribution in [3.8, 4) is 0 Å². The molecule has 2 fully saturated rings. The predicted octanol–water partition coefficient (Wildman–Crippen LogP) is 2.79. The molecule has 2 aliphatic rings. The summed E-state index contributed by atoms with van der Waals surface area (Å²) in [6.07, 6.45) is 4.96. The van der Waals surface area contributed by atoms with E-state index in [0.29, 0.717) is 24.4 Å². The van der Waals surface area contributed by atoms with Crippen LogP contribution >= 0.6 is 0 Å². The third kappa shape index (κ3) is 3.16. The topological polar surface area (TPSA) is 75.4 Å². The number of hydrogen-bond donors (Lipinski definition) is 1. The first-order valence-corrected chi connectivity index (χ1v) is 8.76. The molecule has 2 heterocycles. The number of anilines is 1. The van der Waals surface area contributed by atoms with Gasteiger partial charge < -0.3 is 14.7 Å². The molecule has 1 N–H and O–H groups in total. The van der Waals surface area contributed by atoms with Crippen LogP contribution in [0.15, 0.2) is 35.1 Å². The summed E-state index contributed by atoms with van der Waals surface area (Å²) >= 11 is 0. The molecule has 6 nitrogen and oxygen atoms in total. The van der Waals surface area contributed by atoms with Gasteiger partial charge in [-0.25, -0.2) is 0 Å². The Kier molecular flexibility index (Phi) is 4.03. The number of carbonyl (C=O) groups is 2. The molecule has 1 aromatic heterocycles. The molecule has 1 saturated carbocycles. The maximum atomic E-state index is 12.8. The molecule has 1 atom stereocenters. The van der Waals surface area contributed by atoms with Crippen LogP contribution in [-0.4, -0.2) is 29.6 Å². The average Bonchev–Trinajstić information content (AvgIpc) is 3.34. The Bertz CT molecular complexity index is 793. The van der Waals surface area contributed by atoms with Gasteiger partial charge in [-0.3, -0.25) is 9.59 Å². The van der Waals surface area contributed by atoms with E-state index in [1.54, 1.807) is 4.90 Å². The van der Waals surface area contributed by atoms with Gasteiger partial charge in [-0.2, -0.15) is 0 Å². The van der Waals surface area contributed by atoms with Gasteiger partial charge in [0, 0.05) is 18.2 Å². The largest absolute Gasteiger partial charge is 0.364 e. The summed E-state index contributed by atoms with van der Waals surface area (Å²) in [6, 6.07) is 7.36. The molecule has 0 unspecified atom stereocenters. The van der Waals surface area contributed by atoms with Crippen molar-refractivity contribution in [3.63, 3.8) is 0 Å². The molecular formula is C19H21N3O3.